The number of carbonyl (C=O) groups excluding carboxylic acids is 1. The number of amides is 1. The summed E-state index contributed by atoms with van der Waals surface area (Å²) in [5, 5.41) is 2.34. The number of benzene rings is 4. The number of hydrogen-bond acceptors (Lipinski definition) is 2. The largest absolute Gasteiger partial charge is 0.416 e. The van der Waals surface area contributed by atoms with E-state index in [9.17, 15) is 18.0 Å². The summed E-state index contributed by atoms with van der Waals surface area (Å²) in [5.41, 5.74) is 3.73. The van der Waals surface area contributed by atoms with Gasteiger partial charge in [0.25, 0.3) is 5.91 Å². The molecule has 0 aliphatic carbocycles. The molecule has 1 aliphatic heterocycles. The maximum absolute atomic E-state index is 13.4. The fourth-order valence-electron chi connectivity index (χ4n) is 5.38. The lowest BCUT2D eigenvalue weighted by Crippen LogP contribution is -2.30. The van der Waals surface area contributed by atoms with Crippen LogP contribution in [0.25, 0.3) is 21.9 Å². The number of piperidine rings is 1. The van der Waals surface area contributed by atoms with E-state index in [1.807, 2.05) is 11.8 Å². The van der Waals surface area contributed by atoms with Crippen LogP contribution in [0, 0.1) is 0 Å². The molecule has 6 heteroatoms. The lowest BCUT2D eigenvalue weighted by molar-refractivity contribution is -0.137. The number of carbonyl (C=O) groups is 1. The van der Waals surface area contributed by atoms with Crippen molar-refractivity contribution in [1.29, 1.82) is 0 Å². The number of rotatable bonds is 7. The molecule has 39 heavy (non-hydrogen) atoms. The van der Waals surface area contributed by atoms with Crippen molar-refractivity contribution in [2.75, 3.05) is 19.6 Å². The third kappa shape index (κ3) is 6.34. The molecule has 1 amide bonds. The first kappa shape index (κ1) is 26.9. The minimum atomic E-state index is -4.36. The fourth-order valence-corrected chi connectivity index (χ4v) is 5.38. The number of fused-ring (bicyclic) bond motifs is 1. The highest BCUT2D eigenvalue weighted by Gasteiger charge is 2.30. The molecule has 0 radical (unpaired) electrons. The Morgan fingerprint density at radius 1 is 0.846 bits per heavy atom. The zero-order valence-electron chi connectivity index (χ0n) is 22.2. The smallest absolute Gasteiger partial charge is 0.335 e. The van der Waals surface area contributed by atoms with Crippen LogP contribution in [0.2, 0.25) is 0 Å². The minimum absolute atomic E-state index is 0.0739. The van der Waals surface area contributed by atoms with Crippen LogP contribution in [-0.4, -0.2) is 35.3 Å². The number of likely N-dealkylation sites (tertiary alicyclic amines) is 1. The van der Waals surface area contributed by atoms with Gasteiger partial charge in [-0.15, -0.1) is 0 Å². The Hall–Kier alpha value is -3.64. The molecule has 0 saturated carbocycles. The number of nitrogens with zero attached hydrogens (tertiary/aromatic N) is 2. The topological polar surface area (TPSA) is 23.6 Å². The summed E-state index contributed by atoms with van der Waals surface area (Å²) >= 11 is 0. The van der Waals surface area contributed by atoms with Gasteiger partial charge in [-0.3, -0.25) is 9.69 Å². The van der Waals surface area contributed by atoms with E-state index in [0.29, 0.717) is 24.2 Å². The van der Waals surface area contributed by atoms with Crippen molar-refractivity contribution in [3.63, 3.8) is 0 Å². The van der Waals surface area contributed by atoms with E-state index < -0.39 is 11.7 Å². The third-order valence-electron chi connectivity index (χ3n) is 7.60. The molecule has 4 aromatic carbocycles. The average molecular weight is 531 g/mol. The van der Waals surface area contributed by atoms with Crippen molar-refractivity contribution < 1.29 is 18.0 Å². The number of hydrogen-bond donors (Lipinski definition) is 0. The number of halogens is 3. The standard InChI is InChI=1S/C33H33F3N2O/c1-2-38(32(39)27-12-10-25(11-13-27)26-14-16-30(17-15-26)33(34,35)36)23-29-8-6-7-28-21-24(9-18-31(28)29)22-37-19-4-3-5-20-37/h6-18,21H,2-5,19-20,22-23H2,1H3. The van der Waals surface area contributed by atoms with Crippen LogP contribution < -0.4 is 0 Å². The number of alkyl halides is 3. The van der Waals surface area contributed by atoms with Crippen molar-refractivity contribution in [2.45, 2.75) is 45.5 Å². The molecular weight excluding hydrogens is 497 g/mol. The summed E-state index contributed by atoms with van der Waals surface area (Å²) < 4.78 is 38.6. The van der Waals surface area contributed by atoms with Crippen molar-refractivity contribution in [1.82, 2.24) is 9.80 Å². The Morgan fingerprint density at radius 2 is 1.51 bits per heavy atom. The molecule has 0 bridgehead atoms. The second-order valence-corrected chi connectivity index (χ2v) is 10.3. The van der Waals surface area contributed by atoms with Crippen LogP contribution >= 0.6 is 0 Å². The van der Waals surface area contributed by atoms with E-state index >= 15 is 0 Å². The summed E-state index contributed by atoms with van der Waals surface area (Å²) in [5.74, 6) is -0.0739. The van der Waals surface area contributed by atoms with Gasteiger partial charge in [-0.05, 0) is 96.2 Å². The van der Waals surface area contributed by atoms with Gasteiger partial charge in [0.05, 0.1) is 5.56 Å². The predicted octanol–water partition coefficient (Wildman–Crippen LogP) is 8.17. The van der Waals surface area contributed by atoms with Gasteiger partial charge in [0.15, 0.2) is 0 Å². The maximum Gasteiger partial charge on any atom is 0.416 e. The fraction of sp³-hybridized carbons (Fsp3) is 0.303. The summed E-state index contributed by atoms with van der Waals surface area (Å²) in [6.45, 7) is 6.33. The Kier molecular flexibility index (Phi) is 8.03. The van der Waals surface area contributed by atoms with Crippen LogP contribution in [-0.2, 0) is 19.3 Å². The molecule has 202 valence electrons. The van der Waals surface area contributed by atoms with Gasteiger partial charge in [0.1, 0.15) is 0 Å². The molecule has 0 aromatic heterocycles. The quantitative estimate of drug-likeness (QED) is 0.241. The van der Waals surface area contributed by atoms with Crippen molar-refractivity contribution >= 4 is 16.7 Å². The predicted molar refractivity (Wildman–Crippen MR) is 150 cm³/mol. The third-order valence-corrected chi connectivity index (χ3v) is 7.60. The first-order chi connectivity index (χ1) is 18.8. The van der Waals surface area contributed by atoms with Crippen LogP contribution in [0.5, 0.6) is 0 Å². The molecule has 5 rings (SSSR count). The lowest BCUT2D eigenvalue weighted by atomic mass is 10.00. The summed E-state index contributed by atoms with van der Waals surface area (Å²) in [6.07, 6.45) is -0.488. The Labute approximate surface area is 227 Å². The Balaban J connectivity index is 1.30. The van der Waals surface area contributed by atoms with Crippen molar-refractivity contribution in [3.05, 3.63) is 107 Å². The first-order valence-corrected chi connectivity index (χ1v) is 13.6. The molecule has 0 N–H and O–H groups in total. The van der Waals surface area contributed by atoms with Gasteiger partial charge >= 0.3 is 6.18 Å². The summed E-state index contributed by atoms with van der Waals surface area (Å²) in [7, 11) is 0. The van der Waals surface area contributed by atoms with Gasteiger partial charge in [-0.25, -0.2) is 0 Å². The minimum Gasteiger partial charge on any atom is -0.335 e. The molecule has 1 saturated heterocycles. The molecular formula is C33H33F3N2O. The molecule has 4 aromatic rings. The maximum atomic E-state index is 13.4. The molecule has 0 atom stereocenters. The highest BCUT2D eigenvalue weighted by Crippen LogP contribution is 2.31. The van der Waals surface area contributed by atoms with E-state index in [4.69, 9.17) is 0 Å². The van der Waals surface area contributed by atoms with E-state index in [-0.39, 0.29) is 5.91 Å². The van der Waals surface area contributed by atoms with Gasteiger partial charge in [-0.1, -0.05) is 61.0 Å². The highest BCUT2D eigenvalue weighted by atomic mass is 19.4. The molecule has 1 fully saturated rings. The highest BCUT2D eigenvalue weighted by molar-refractivity contribution is 5.95. The van der Waals surface area contributed by atoms with E-state index in [2.05, 4.69) is 41.3 Å². The average Bonchev–Trinajstić information content (AvgIpc) is 2.96. The van der Waals surface area contributed by atoms with Gasteiger partial charge < -0.3 is 4.90 Å². The van der Waals surface area contributed by atoms with Crippen LogP contribution in [0.4, 0.5) is 13.2 Å². The summed E-state index contributed by atoms with van der Waals surface area (Å²) in [6, 6.07) is 25.0. The lowest BCUT2D eigenvalue weighted by Gasteiger charge is -2.26. The second kappa shape index (κ2) is 11.6. The van der Waals surface area contributed by atoms with E-state index in [1.54, 1.807) is 24.3 Å². The normalized spacial score (nSPS) is 14.5. The summed E-state index contributed by atoms with van der Waals surface area (Å²) in [4.78, 5) is 17.7. The van der Waals surface area contributed by atoms with E-state index in [1.165, 1.54) is 42.3 Å². The first-order valence-electron chi connectivity index (χ1n) is 13.6. The van der Waals surface area contributed by atoms with Crippen LogP contribution in [0.3, 0.4) is 0 Å². The second-order valence-electron chi connectivity index (χ2n) is 10.3. The zero-order valence-corrected chi connectivity index (χ0v) is 22.2. The SMILES string of the molecule is CCN(Cc1cccc2cc(CN3CCCCC3)ccc12)C(=O)c1ccc(-c2ccc(C(F)(F)F)cc2)cc1. The van der Waals surface area contributed by atoms with Crippen molar-refractivity contribution in [2.24, 2.45) is 0 Å². The molecule has 1 heterocycles. The zero-order chi connectivity index (χ0) is 27.4. The van der Waals surface area contributed by atoms with Crippen LogP contribution in [0.1, 0.15) is 53.2 Å². The molecule has 3 nitrogen and oxygen atoms in total. The molecule has 1 aliphatic rings. The van der Waals surface area contributed by atoms with Gasteiger partial charge in [0.2, 0.25) is 0 Å². The van der Waals surface area contributed by atoms with Crippen molar-refractivity contribution in [3.8, 4) is 11.1 Å². The van der Waals surface area contributed by atoms with Crippen LogP contribution in [0.15, 0.2) is 84.9 Å². The molecule has 0 unspecified atom stereocenters. The Bertz CT molecular complexity index is 1420. The Morgan fingerprint density at radius 3 is 2.15 bits per heavy atom. The molecule has 0 spiro atoms. The van der Waals surface area contributed by atoms with Gasteiger partial charge in [0, 0.05) is 25.2 Å². The van der Waals surface area contributed by atoms with Gasteiger partial charge in [-0.2, -0.15) is 13.2 Å². The van der Waals surface area contributed by atoms with E-state index in [0.717, 1.165) is 48.3 Å². The monoisotopic (exact) mass is 530 g/mol.